The summed E-state index contributed by atoms with van der Waals surface area (Å²) in [7, 11) is 0. The van der Waals surface area contributed by atoms with Crippen LogP contribution in [0.15, 0.2) is 30.3 Å². The number of carbonyl (C=O) groups is 3. The molecule has 130 valence electrons. The van der Waals surface area contributed by atoms with E-state index >= 15 is 0 Å². The summed E-state index contributed by atoms with van der Waals surface area (Å²) < 4.78 is 0. The number of rotatable bonds is 8. The van der Waals surface area contributed by atoms with Crippen molar-refractivity contribution in [2.45, 2.75) is 45.1 Å². The Labute approximate surface area is 142 Å². The van der Waals surface area contributed by atoms with E-state index in [0.717, 1.165) is 29.7 Å². The van der Waals surface area contributed by atoms with Gasteiger partial charge in [-0.2, -0.15) is 0 Å². The fraction of sp³-hybridized carbons (Fsp3) is 0.500. The summed E-state index contributed by atoms with van der Waals surface area (Å²) in [6, 6.07) is 8.63. The summed E-state index contributed by atoms with van der Waals surface area (Å²) in [6.45, 7) is 4.25. The number of hydrogen-bond donors (Lipinski definition) is 2. The van der Waals surface area contributed by atoms with Crippen LogP contribution in [0.5, 0.6) is 0 Å². The summed E-state index contributed by atoms with van der Waals surface area (Å²) in [5.74, 6) is -0.681. The number of imide groups is 1. The summed E-state index contributed by atoms with van der Waals surface area (Å²) in [6.07, 6.45) is 3.43. The van der Waals surface area contributed by atoms with Crippen LogP contribution in [0.3, 0.4) is 0 Å². The van der Waals surface area contributed by atoms with Crippen molar-refractivity contribution in [3.63, 3.8) is 0 Å². The number of carbonyl (C=O) groups excluding carboxylic acids is 3. The largest absolute Gasteiger partial charge is 0.355 e. The van der Waals surface area contributed by atoms with Gasteiger partial charge < -0.3 is 10.6 Å². The van der Waals surface area contributed by atoms with Gasteiger partial charge in [-0.3, -0.25) is 14.5 Å². The van der Waals surface area contributed by atoms with Gasteiger partial charge in [-0.05, 0) is 18.4 Å². The molecule has 6 nitrogen and oxygen atoms in total. The number of nitrogens with zero attached hydrogens (tertiary/aromatic N) is 1. The molecular formula is C18H25N3O3. The van der Waals surface area contributed by atoms with Gasteiger partial charge in [0.1, 0.15) is 12.1 Å². The minimum Gasteiger partial charge on any atom is -0.355 e. The number of amides is 4. The predicted molar refractivity (Wildman–Crippen MR) is 91.2 cm³/mol. The maximum Gasteiger partial charge on any atom is 0.325 e. The average Bonchev–Trinajstić information content (AvgIpc) is 2.84. The third-order valence-electron chi connectivity index (χ3n) is 4.38. The molecule has 1 aliphatic rings. The highest BCUT2D eigenvalue weighted by Gasteiger charge is 2.51. The Hall–Kier alpha value is -2.37. The fourth-order valence-electron chi connectivity index (χ4n) is 2.93. The van der Waals surface area contributed by atoms with Crippen molar-refractivity contribution in [2.24, 2.45) is 0 Å². The van der Waals surface area contributed by atoms with Crippen molar-refractivity contribution < 1.29 is 14.4 Å². The monoisotopic (exact) mass is 331 g/mol. The molecule has 0 saturated carbocycles. The molecule has 6 heteroatoms. The Kier molecular flexibility index (Phi) is 5.95. The Morgan fingerprint density at radius 2 is 1.88 bits per heavy atom. The van der Waals surface area contributed by atoms with E-state index < -0.39 is 11.6 Å². The number of unbranched alkanes of at least 4 members (excludes halogenated alkanes) is 2. The van der Waals surface area contributed by atoms with Crippen molar-refractivity contribution in [1.82, 2.24) is 15.5 Å². The molecule has 24 heavy (non-hydrogen) atoms. The van der Waals surface area contributed by atoms with Gasteiger partial charge in [0.25, 0.3) is 5.91 Å². The summed E-state index contributed by atoms with van der Waals surface area (Å²) in [5.41, 5.74) is -0.349. The second kappa shape index (κ2) is 7.95. The average molecular weight is 331 g/mol. The Balaban J connectivity index is 2.07. The van der Waals surface area contributed by atoms with Crippen molar-refractivity contribution in [1.29, 1.82) is 0 Å². The van der Waals surface area contributed by atoms with Gasteiger partial charge in [0.2, 0.25) is 5.91 Å². The van der Waals surface area contributed by atoms with Gasteiger partial charge in [-0.15, -0.1) is 0 Å². The summed E-state index contributed by atoms with van der Waals surface area (Å²) in [4.78, 5) is 38.1. The first-order valence-corrected chi connectivity index (χ1v) is 8.51. The molecule has 0 aromatic heterocycles. The van der Waals surface area contributed by atoms with Gasteiger partial charge in [0.15, 0.2) is 0 Å². The molecular weight excluding hydrogens is 306 g/mol. The highest BCUT2D eigenvalue weighted by molar-refractivity contribution is 6.09. The smallest absolute Gasteiger partial charge is 0.325 e. The predicted octanol–water partition coefficient (Wildman–Crippen LogP) is 2.15. The molecule has 2 N–H and O–H groups in total. The normalized spacial score (nSPS) is 20.2. The molecule has 1 heterocycles. The lowest BCUT2D eigenvalue weighted by Crippen LogP contribution is -2.44. The topological polar surface area (TPSA) is 78.5 Å². The molecule has 1 aliphatic heterocycles. The highest BCUT2D eigenvalue weighted by atomic mass is 16.2. The lowest BCUT2D eigenvalue weighted by molar-refractivity contribution is -0.135. The molecule has 2 rings (SSSR count). The van der Waals surface area contributed by atoms with E-state index in [1.807, 2.05) is 37.3 Å². The van der Waals surface area contributed by atoms with Crippen LogP contribution in [0.2, 0.25) is 0 Å². The van der Waals surface area contributed by atoms with E-state index in [-0.39, 0.29) is 18.4 Å². The van der Waals surface area contributed by atoms with Gasteiger partial charge in [0, 0.05) is 6.54 Å². The van der Waals surface area contributed by atoms with Gasteiger partial charge in [-0.1, -0.05) is 57.0 Å². The zero-order valence-electron chi connectivity index (χ0n) is 14.3. The van der Waals surface area contributed by atoms with Crippen LogP contribution in [-0.2, 0) is 15.1 Å². The van der Waals surface area contributed by atoms with Crippen LogP contribution in [0.4, 0.5) is 4.79 Å². The first-order chi connectivity index (χ1) is 11.5. The molecule has 4 amide bonds. The molecule has 0 radical (unpaired) electrons. The van der Waals surface area contributed by atoms with Gasteiger partial charge in [0.05, 0.1) is 0 Å². The van der Waals surface area contributed by atoms with E-state index in [2.05, 4.69) is 17.6 Å². The molecule has 1 fully saturated rings. The summed E-state index contributed by atoms with van der Waals surface area (Å²) in [5, 5.41) is 5.53. The van der Waals surface area contributed by atoms with E-state index in [9.17, 15) is 14.4 Å². The van der Waals surface area contributed by atoms with E-state index in [1.165, 1.54) is 0 Å². The van der Waals surface area contributed by atoms with Crippen LogP contribution in [0.25, 0.3) is 0 Å². The van der Waals surface area contributed by atoms with E-state index in [1.54, 1.807) is 0 Å². The van der Waals surface area contributed by atoms with Crippen LogP contribution in [0.1, 0.15) is 45.1 Å². The van der Waals surface area contributed by atoms with Crippen LogP contribution < -0.4 is 10.6 Å². The SMILES string of the molecule is CCCCCNC(=O)CN1C(=O)NC(CC)(c2ccccc2)C1=O. The van der Waals surface area contributed by atoms with E-state index in [4.69, 9.17) is 0 Å². The van der Waals surface area contributed by atoms with Gasteiger partial charge >= 0.3 is 6.03 Å². The molecule has 0 aliphatic carbocycles. The highest BCUT2D eigenvalue weighted by Crippen LogP contribution is 2.32. The van der Waals surface area contributed by atoms with Crippen LogP contribution in [-0.4, -0.2) is 35.8 Å². The maximum absolute atomic E-state index is 12.8. The van der Waals surface area contributed by atoms with Crippen molar-refractivity contribution in [2.75, 3.05) is 13.1 Å². The molecule has 1 atom stereocenters. The van der Waals surface area contributed by atoms with Crippen molar-refractivity contribution in [3.05, 3.63) is 35.9 Å². The molecule has 1 aromatic rings. The van der Waals surface area contributed by atoms with Crippen LogP contribution in [0, 0.1) is 0 Å². The fourth-order valence-corrected chi connectivity index (χ4v) is 2.93. The van der Waals surface area contributed by atoms with E-state index in [0.29, 0.717) is 13.0 Å². The Morgan fingerprint density at radius 1 is 1.17 bits per heavy atom. The molecule has 1 saturated heterocycles. The third-order valence-corrected chi connectivity index (χ3v) is 4.38. The number of hydrogen-bond acceptors (Lipinski definition) is 3. The lowest BCUT2D eigenvalue weighted by atomic mass is 9.87. The van der Waals surface area contributed by atoms with Crippen molar-refractivity contribution >= 4 is 17.8 Å². The Morgan fingerprint density at radius 3 is 2.50 bits per heavy atom. The number of nitrogens with one attached hydrogen (secondary N) is 2. The molecule has 0 spiro atoms. The molecule has 1 aromatic carbocycles. The summed E-state index contributed by atoms with van der Waals surface area (Å²) >= 11 is 0. The van der Waals surface area contributed by atoms with Crippen molar-refractivity contribution in [3.8, 4) is 0 Å². The number of urea groups is 1. The number of benzene rings is 1. The standard InChI is InChI=1S/C18H25N3O3/c1-3-5-9-12-19-15(22)13-21-16(23)18(4-2,20-17(21)24)14-10-7-6-8-11-14/h6-8,10-11H,3-5,9,12-13H2,1-2H3,(H,19,22)(H,20,24). The molecule has 1 unspecified atom stereocenters. The first kappa shape index (κ1) is 18.0. The lowest BCUT2D eigenvalue weighted by Gasteiger charge is -2.25. The third kappa shape index (κ3) is 3.58. The zero-order chi connectivity index (χ0) is 17.6. The zero-order valence-corrected chi connectivity index (χ0v) is 14.3. The Bertz CT molecular complexity index is 603. The van der Waals surface area contributed by atoms with Crippen LogP contribution >= 0.6 is 0 Å². The minimum atomic E-state index is -1.08. The second-order valence-corrected chi connectivity index (χ2v) is 6.00. The maximum atomic E-state index is 12.8. The second-order valence-electron chi connectivity index (χ2n) is 6.00. The van der Waals surface area contributed by atoms with Gasteiger partial charge in [-0.25, -0.2) is 4.79 Å². The quantitative estimate of drug-likeness (QED) is 0.566. The minimum absolute atomic E-state index is 0.245. The first-order valence-electron chi connectivity index (χ1n) is 8.51. The molecule has 0 bridgehead atoms.